The van der Waals surface area contributed by atoms with Gasteiger partial charge in [0.1, 0.15) is 5.75 Å². The first-order valence-corrected chi connectivity index (χ1v) is 7.60. The molecule has 0 radical (unpaired) electrons. The van der Waals surface area contributed by atoms with Crippen LogP contribution >= 0.6 is 0 Å². The van der Waals surface area contributed by atoms with Gasteiger partial charge < -0.3 is 10.5 Å². The second kappa shape index (κ2) is 4.82. The summed E-state index contributed by atoms with van der Waals surface area (Å²) < 4.78 is 5.38. The van der Waals surface area contributed by atoms with Crippen molar-refractivity contribution in [2.24, 2.45) is 17.6 Å². The maximum Gasteiger partial charge on any atom is 0.119 e. The van der Waals surface area contributed by atoms with E-state index < -0.39 is 0 Å². The maximum atomic E-state index is 6.86. The minimum Gasteiger partial charge on any atom is -0.497 e. The number of methoxy groups -OCH3 is 1. The Kier molecular flexibility index (Phi) is 3.30. The number of nitrogens with two attached hydrogens (primary N) is 1. The summed E-state index contributed by atoms with van der Waals surface area (Å²) in [6.45, 7) is 2.37. The minimum atomic E-state index is -0.107. The van der Waals surface area contributed by atoms with Gasteiger partial charge in [-0.15, -0.1) is 0 Å². The van der Waals surface area contributed by atoms with Gasteiger partial charge in [-0.2, -0.15) is 0 Å². The van der Waals surface area contributed by atoms with Crippen molar-refractivity contribution >= 4 is 0 Å². The van der Waals surface area contributed by atoms with Gasteiger partial charge in [-0.3, -0.25) is 0 Å². The molecule has 2 aliphatic carbocycles. The summed E-state index contributed by atoms with van der Waals surface area (Å²) in [7, 11) is 1.73. The molecule has 0 aliphatic heterocycles. The summed E-state index contributed by atoms with van der Waals surface area (Å²) in [5.74, 6) is 2.47. The van der Waals surface area contributed by atoms with Crippen molar-refractivity contribution in [1.29, 1.82) is 0 Å². The molecule has 0 saturated heterocycles. The molecule has 0 amide bonds. The van der Waals surface area contributed by atoms with Crippen LogP contribution in [0, 0.1) is 11.8 Å². The van der Waals surface area contributed by atoms with Gasteiger partial charge >= 0.3 is 0 Å². The third kappa shape index (κ3) is 2.16. The zero-order valence-corrected chi connectivity index (χ0v) is 12.1. The highest BCUT2D eigenvalue weighted by Gasteiger charge is 2.42. The van der Waals surface area contributed by atoms with Crippen LogP contribution in [0.25, 0.3) is 0 Å². The fourth-order valence-corrected chi connectivity index (χ4v) is 4.01. The Bertz CT molecular complexity index is 462. The Hall–Kier alpha value is -1.02. The van der Waals surface area contributed by atoms with Crippen LogP contribution in [-0.2, 0) is 12.0 Å². The minimum absolute atomic E-state index is 0.107. The summed E-state index contributed by atoms with van der Waals surface area (Å²) >= 11 is 0. The molecule has 104 valence electrons. The van der Waals surface area contributed by atoms with E-state index in [1.165, 1.54) is 36.8 Å². The third-order valence-electron chi connectivity index (χ3n) is 5.37. The van der Waals surface area contributed by atoms with E-state index >= 15 is 0 Å². The zero-order valence-electron chi connectivity index (χ0n) is 12.1. The first-order chi connectivity index (χ1) is 9.13. The van der Waals surface area contributed by atoms with Gasteiger partial charge in [0.05, 0.1) is 7.11 Å². The molecule has 19 heavy (non-hydrogen) atoms. The van der Waals surface area contributed by atoms with E-state index in [-0.39, 0.29) is 5.54 Å². The highest BCUT2D eigenvalue weighted by molar-refractivity contribution is 5.44. The topological polar surface area (TPSA) is 35.2 Å². The quantitative estimate of drug-likeness (QED) is 0.880. The van der Waals surface area contributed by atoms with Gasteiger partial charge in [0.2, 0.25) is 0 Å². The monoisotopic (exact) mass is 259 g/mol. The van der Waals surface area contributed by atoms with Gasteiger partial charge in [-0.25, -0.2) is 0 Å². The third-order valence-corrected chi connectivity index (χ3v) is 5.37. The SMILES string of the molecule is COc1ccc2c(c1)C(N)(C1CCC(C)CC1)CC2. The molecular formula is C17H25NO. The van der Waals surface area contributed by atoms with Gasteiger partial charge in [0, 0.05) is 5.54 Å². The molecule has 0 spiro atoms. The fraction of sp³-hybridized carbons (Fsp3) is 0.647. The van der Waals surface area contributed by atoms with Crippen LogP contribution in [0.5, 0.6) is 5.75 Å². The van der Waals surface area contributed by atoms with Crippen LogP contribution in [0.4, 0.5) is 0 Å². The van der Waals surface area contributed by atoms with E-state index in [9.17, 15) is 0 Å². The Balaban J connectivity index is 1.90. The molecule has 2 N–H and O–H groups in total. The van der Waals surface area contributed by atoms with Crippen molar-refractivity contribution in [2.45, 2.75) is 51.0 Å². The number of hydrogen-bond acceptors (Lipinski definition) is 2. The number of hydrogen-bond donors (Lipinski definition) is 1. The molecule has 2 heteroatoms. The van der Waals surface area contributed by atoms with E-state index in [1.807, 2.05) is 0 Å². The maximum absolute atomic E-state index is 6.86. The zero-order chi connectivity index (χ0) is 13.5. The van der Waals surface area contributed by atoms with E-state index in [0.29, 0.717) is 5.92 Å². The molecule has 2 nitrogen and oxygen atoms in total. The molecule has 1 saturated carbocycles. The molecule has 1 aromatic rings. The van der Waals surface area contributed by atoms with E-state index in [0.717, 1.165) is 24.5 Å². The molecule has 1 unspecified atom stereocenters. The smallest absolute Gasteiger partial charge is 0.119 e. The predicted octanol–water partition coefficient (Wildman–Crippen LogP) is 3.62. The predicted molar refractivity (Wildman–Crippen MR) is 78.3 cm³/mol. The number of benzene rings is 1. The number of rotatable bonds is 2. The largest absolute Gasteiger partial charge is 0.497 e. The van der Waals surface area contributed by atoms with Crippen molar-refractivity contribution < 1.29 is 4.74 Å². The van der Waals surface area contributed by atoms with Gasteiger partial charge in [-0.1, -0.05) is 25.8 Å². The van der Waals surface area contributed by atoms with Crippen LogP contribution in [0.3, 0.4) is 0 Å². The lowest BCUT2D eigenvalue weighted by atomic mass is 9.70. The summed E-state index contributed by atoms with van der Waals surface area (Å²) in [6.07, 6.45) is 7.48. The Morgan fingerprint density at radius 1 is 1.21 bits per heavy atom. The number of fused-ring (bicyclic) bond motifs is 1. The lowest BCUT2D eigenvalue weighted by Crippen LogP contribution is -2.43. The molecule has 0 heterocycles. The summed E-state index contributed by atoms with van der Waals surface area (Å²) in [5, 5.41) is 0. The lowest BCUT2D eigenvalue weighted by molar-refractivity contribution is 0.178. The first-order valence-electron chi connectivity index (χ1n) is 7.60. The first kappa shape index (κ1) is 13.0. The van der Waals surface area contributed by atoms with E-state index in [1.54, 1.807) is 7.11 Å². The van der Waals surface area contributed by atoms with Crippen LogP contribution < -0.4 is 10.5 Å². The standard InChI is InChI=1S/C17H25NO/c1-12-3-6-14(7-4-12)17(18)10-9-13-5-8-15(19-2)11-16(13)17/h5,8,11-12,14H,3-4,6-7,9-10,18H2,1-2H3. The number of aryl methyl sites for hydroxylation is 1. The van der Waals surface area contributed by atoms with Gasteiger partial charge in [0.15, 0.2) is 0 Å². The van der Waals surface area contributed by atoms with Crippen molar-refractivity contribution in [3.8, 4) is 5.75 Å². The van der Waals surface area contributed by atoms with Gasteiger partial charge in [0.25, 0.3) is 0 Å². The number of ether oxygens (including phenoxy) is 1. The normalized spacial score (nSPS) is 34.1. The van der Waals surface area contributed by atoms with Crippen molar-refractivity contribution in [3.05, 3.63) is 29.3 Å². The Morgan fingerprint density at radius 3 is 2.63 bits per heavy atom. The van der Waals surface area contributed by atoms with Gasteiger partial charge in [-0.05, 0) is 60.8 Å². The summed E-state index contributed by atoms with van der Waals surface area (Å²) in [6, 6.07) is 6.45. The molecule has 0 aromatic heterocycles. The van der Waals surface area contributed by atoms with Crippen molar-refractivity contribution in [2.75, 3.05) is 7.11 Å². The molecule has 3 rings (SSSR count). The fourth-order valence-electron chi connectivity index (χ4n) is 4.01. The summed E-state index contributed by atoms with van der Waals surface area (Å²) in [4.78, 5) is 0. The second-order valence-corrected chi connectivity index (χ2v) is 6.52. The molecular weight excluding hydrogens is 234 g/mol. The van der Waals surface area contributed by atoms with E-state index in [2.05, 4.69) is 25.1 Å². The van der Waals surface area contributed by atoms with Crippen LogP contribution in [0.15, 0.2) is 18.2 Å². The highest BCUT2D eigenvalue weighted by Crippen LogP contribution is 2.47. The van der Waals surface area contributed by atoms with Crippen molar-refractivity contribution in [1.82, 2.24) is 0 Å². The Labute approximate surface area is 116 Å². The van der Waals surface area contributed by atoms with Crippen LogP contribution in [0.2, 0.25) is 0 Å². The average Bonchev–Trinajstić information content (AvgIpc) is 2.78. The molecule has 1 fully saturated rings. The average molecular weight is 259 g/mol. The molecule has 2 aliphatic rings. The van der Waals surface area contributed by atoms with Crippen LogP contribution in [-0.4, -0.2) is 7.11 Å². The van der Waals surface area contributed by atoms with Crippen LogP contribution in [0.1, 0.15) is 50.2 Å². The second-order valence-electron chi connectivity index (χ2n) is 6.52. The molecule has 1 aromatic carbocycles. The van der Waals surface area contributed by atoms with E-state index in [4.69, 9.17) is 10.5 Å². The lowest BCUT2D eigenvalue weighted by Gasteiger charge is -2.39. The molecule has 0 bridgehead atoms. The highest BCUT2D eigenvalue weighted by atomic mass is 16.5. The summed E-state index contributed by atoms with van der Waals surface area (Å²) in [5.41, 5.74) is 9.54. The van der Waals surface area contributed by atoms with Crippen molar-refractivity contribution in [3.63, 3.8) is 0 Å². The molecule has 1 atom stereocenters. The Morgan fingerprint density at radius 2 is 1.95 bits per heavy atom.